The van der Waals surface area contributed by atoms with E-state index in [1.54, 1.807) is 11.3 Å². The highest BCUT2D eigenvalue weighted by molar-refractivity contribution is 7.16. The van der Waals surface area contributed by atoms with Gasteiger partial charge in [-0.3, -0.25) is 0 Å². The molecule has 0 saturated carbocycles. The number of hydrogen-bond donors (Lipinski definition) is 0. The fraction of sp³-hybridized carbons (Fsp3) is 0.308. The Labute approximate surface area is 113 Å². The summed E-state index contributed by atoms with van der Waals surface area (Å²) in [5.41, 5.74) is 3.77. The Morgan fingerprint density at radius 1 is 1.32 bits per heavy atom. The first kappa shape index (κ1) is 11.1. The maximum absolute atomic E-state index is 5.36. The van der Waals surface area contributed by atoms with Crippen molar-refractivity contribution in [3.63, 3.8) is 0 Å². The minimum Gasteiger partial charge on any atom is -0.381 e. The minimum atomic E-state index is 0.268. The zero-order chi connectivity index (χ0) is 12.7. The van der Waals surface area contributed by atoms with Gasteiger partial charge in [-0.15, -0.1) is 11.3 Å². The van der Waals surface area contributed by atoms with Crippen LogP contribution in [0.15, 0.2) is 28.2 Å². The zero-order valence-corrected chi connectivity index (χ0v) is 10.9. The van der Waals surface area contributed by atoms with Crippen molar-refractivity contribution in [3.8, 4) is 11.5 Å². The van der Waals surface area contributed by atoms with Crippen LogP contribution in [0.5, 0.6) is 0 Å². The molecule has 5 nitrogen and oxygen atoms in total. The molecule has 6 heteroatoms. The van der Waals surface area contributed by atoms with E-state index in [1.165, 1.54) is 0 Å². The predicted molar refractivity (Wildman–Crippen MR) is 71.1 cm³/mol. The normalized spacial score (nSPS) is 19.3. The Morgan fingerprint density at radius 3 is 3.21 bits per heavy atom. The minimum absolute atomic E-state index is 0.268. The van der Waals surface area contributed by atoms with E-state index in [2.05, 4.69) is 15.1 Å². The number of fused-ring (bicyclic) bond motifs is 1. The van der Waals surface area contributed by atoms with Crippen molar-refractivity contribution in [2.75, 3.05) is 13.2 Å². The maximum atomic E-state index is 5.36. The van der Waals surface area contributed by atoms with Crippen molar-refractivity contribution in [2.24, 2.45) is 0 Å². The SMILES string of the molecule is c1nc2ccc(-c3nc([C@@H]4CCOC4)no3)cc2s1. The number of rotatable bonds is 2. The van der Waals surface area contributed by atoms with E-state index in [4.69, 9.17) is 9.26 Å². The van der Waals surface area contributed by atoms with Crippen LogP contribution in [0.4, 0.5) is 0 Å². The number of nitrogens with zero attached hydrogens (tertiary/aromatic N) is 3. The molecule has 1 saturated heterocycles. The van der Waals surface area contributed by atoms with Gasteiger partial charge in [-0.1, -0.05) is 5.16 Å². The van der Waals surface area contributed by atoms with Gasteiger partial charge in [-0.2, -0.15) is 4.98 Å². The lowest BCUT2D eigenvalue weighted by molar-refractivity contribution is 0.192. The molecule has 0 aliphatic carbocycles. The molecular weight excluding hydrogens is 262 g/mol. The summed E-state index contributed by atoms with van der Waals surface area (Å²) in [7, 11) is 0. The first-order chi connectivity index (χ1) is 9.40. The molecule has 0 amide bonds. The fourth-order valence-corrected chi connectivity index (χ4v) is 2.96. The average Bonchev–Trinajstić information content (AvgIpc) is 3.18. The van der Waals surface area contributed by atoms with Crippen LogP contribution in [-0.4, -0.2) is 28.3 Å². The lowest BCUT2D eigenvalue weighted by atomic mass is 10.1. The van der Waals surface area contributed by atoms with Gasteiger partial charge < -0.3 is 9.26 Å². The van der Waals surface area contributed by atoms with Gasteiger partial charge in [0.1, 0.15) is 0 Å². The Hall–Kier alpha value is -1.79. The van der Waals surface area contributed by atoms with Gasteiger partial charge in [-0.05, 0) is 24.6 Å². The maximum Gasteiger partial charge on any atom is 0.257 e. The first-order valence-corrected chi connectivity index (χ1v) is 7.03. The van der Waals surface area contributed by atoms with Gasteiger partial charge >= 0.3 is 0 Å². The molecule has 96 valence electrons. The Kier molecular flexibility index (Phi) is 2.56. The Balaban J connectivity index is 1.70. The quantitative estimate of drug-likeness (QED) is 0.718. The molecular formula is C13H11N3O2S. The third-order valence-corrected chi connectivity index (χ3v) is 4.11. The van der Waals surface area contributed by atoms with Crippen LogP contribution in [0.2, 0.25) is 0 Å². The van der Waals surface area contributed by atoms with Gasteiger partial charge in [0.05, 0.1) is 22.3 Å². The molecule has 0 unspecified atom stereocenters. The highest BCUT2D eigenvalue weighted by atomic mass is 32.1. The van der Waals surface area contributed by atoms with Crippen molar-refractivity contribution in [1.29, 1.82) is 0 Å². The summed E-state index contributed by atoms with van der Waals surface area (Å²) in [4.78, 5) is 8.74. The fourth-order valence-electron chi connectivity index (χ4n) is 2.24. The van der Waals surface area contributed by atoms with Crippen molar-refractivity contribution in [1.82, 2.24) is 15.1 Å². The van der Waals surface area contributed by atoms with E-state index in [0.717, 1.165) is 34.6 Å². The zero-order valence-electron chi connectivity index (χ0n) is 10.1. The van der Waals surface area contributed by atoms with Crippen LogP contribution in [-0.2, 0) is 4.74 Å². The first-order valence-electron chi connectivity index (χ1n) is 6.15. The lowest BCUT2D eigenvalue weighted by Gasteiger charge is -1.97. The largest absolute Gasteiger partial charge is 0.381 e. The van der Waals surface area contributed by atoms with Crippen LogP contribution < -0.4 is 0 Å². The van der Waals surface area contributed by atoms with Crippen LogP contribution in [0.25, 0.3) is 21.7 Å². The highest BCUT2D eigenvalue weighted by Gasteiger charge is 2.23. The van der Waals surface area contributed by atoms with E-state index < -0.39 is 0 Å². The summed E-state index contributed by atoms with van der Waals surface area (Å²) in [6, 6.07) is 5.98. The number of thiazole rings is 1. The summed E-state index contributed by atoms with van der Waals surface area (Å²) >= 11 is 1.61. The molecule has 0 N–H and O–H groups in total. The second-order valence-electron chi connectivity index (χ2n) is 4.55. The summed E-state index contributed by atoms with van der Waals surface area (Å²) in [5.74, 6) is 1.58. The van der Waals surface area contributed by atoms with Crippen molar-refractivity contribution in [2.45, 2.75) is 12.3 Å². The number of hydrogen-bond acceptors (Lipinski definition) is 6. The van der Waals surface area contributed by atoms with Gasteiger partial charge in [0.25, 0.3) is 5.89 Å². The molecule has 1 atom stereocenters. The molecule has 0 radical (unpaired) electrons. The van der Waals surface area contributed by atoms with E-state index in [9.17, 15) is 0 Å². The van der Waals surface area contributed by atoms with Gasteiger partial charge in [0.15, 0.2) is 5.82 Å². The molecule has 1 aromatic carbocycles. The average molecular weight is 273 g/mol. The van der Waals surface area contributed by atoms with Crippen molar-refractivity contribution >= 4 is 21.6 Å². The van der Waals surface area contributed by atoms with Gasteiger partial charge in [-0.25, -0.2) is 4.98 Å². The van der Waals surface area contributed by atoms with Crippen LogP contribution in [0.3, 0.4) is 0 Å². The molecule has 19 heavy (non-hydrogen) atoms. The van der Waals surface area contributed by atoms with Gasteiger partial charge in [0, 0.05) is 18.1 Å². The van der Waals surface area contributed by atoms with E-state index >= 15 is 0 Å². The Morgan fingerprint density at radius 2 is 2.32 bits per heavy atom. The second-order valence-corrected chi connectivity index (χ2v) is 5.44. The summed E-state index contributed by atoms with van der Waals surface area (Å²) in [6.07, 6.45) is 0.965. The number of aromatic nitrogens is 3. The molecule has 2 aromatic heterocycles. The summed E-state index contributed by atoms with van der Waals surface area (Å²) in [6.45, 7) is 1.47. The summed E-state index contributed by atoms with van der Waals surface area (Å²) < 4.78 is 11.8. The number of ether oxygens (including phenoxy) is 1. The Bertz CT molecular complexity index is 715. The molecule has 1 aliphatic rings. The van der Waals surface area contributed by atoms with Crippen LogP contribution in [0, 0.1) is 0 Å². The van der Waals surface area contributed by atoms with Crippen LogP contribution in [0.1, 0.15) is 18.2 Å². The third-order valence-electron chi connectivity index (χ3n) is 3.31. The summed E-state index contributed by atoms with van der Waals surface area (Å²) in [5, 5.41) is 4.06. The predicted octanol–water partition coefficient (Wildman–Crippen LogP) is 2.85. The van der Waals surface area contributed by atoms with Crippen molar-refractivity contribution in [3.05, 3.63) is 29.5 Å². The molecule has 0 bridgehead atoms. The van der Waals surface area contributed by atoms with E-state index in [0.29, 0.717) is 12.5 Å². The number of benzene rings is 1. The monoisotopic (exact) mass is 273 g/mol. The topological polar surface area (TPSA) is 61.0 Å². The molecule has 3 heterocycles. The molecule has 1 fully saturated rings. The molecule has 4 rings (SSSR count). The van der Waals surface area contributed by atoms with E-state index in [1.807, 2.05) is 23.7 Å². The van der Waals surface area contributed by atoms with E-state index in [-0.39, 0.29) is 5.92 Å². The van der Waals surface area contributed by atoms with Gasteiger partial charge in [0.2, 0.25) is 0 Å². The second kappa shape index (κ2) is 4.40. The molecule has 3 aromatic rings. The van der Waals surface area contributed by atoms with Crippen molar-refractivity contribution < 1.29 is 9.26 Å². The molecule has 1 aliphatic heterocycles. The standard InChI is InChI=1S/C13H11N3O2S/c1-2-10-11(19-7-14-10)5-8(1)13-15-12(16-18-13)9-3-4-17-6-9/h1-2,5,7,9H,3-4,6H2/t9-/m1/s1. The lowest BCUT2D eigenvalue weighted by Crippen LogP contribution is -1.99. The highest BCUT2D eigenvalue weighted by Crippen LogP contribution is 2.28. The third kappa shape index (κ3) is 1.93. The molecule has 0 spiro atoms. The smallest absolute Gasteiger partial charge is 0.257 e. The van der Waals surface area contributed by atoms with Crippen LogP contribution >= 0.6 is 11.3 Å².